The third kappa shape index (κ3) is 5.74. The molecule has 0 bridgehead atoms. The number of hydrogen-bond acceptors (Lipinski definition) is 5. The van der Waals surface area contributed by atoms with E-state index in [2.05, 4.69) is 21.0 Å². The highest BCUT2D eigenvalue weighted by Gasteiger charge is 2.54. The van der Waals surface area contributed by atoms with E-state index in [1.807, 2.05) is 10.6 Å². The molecule has 0 fully saturated rings. The lowest BCUT2D eigenvalue weighted by molar-refractivity contribution is -0.254. The molecule has 8 nitrogen and oxygen atoms in total. The number of alkyl halides is 3. The van der Waals surface area contributed by atoms with Crippen LogP contribution in [-0.2, 0) is 0 Å². The number of nitrogens with one attached hydrogen (secondary N) is 2. The first kappa shape index (κ1) is 26.4. The van der Waals surface area contributed by atoms with Crippen LogP contribution in [0.2, 0.25) is 5.02 Å². The molecule has 1 aromatic heterocycles. The van der Waals surface area contributed by atoms with Gasteiger partial charge in [-0.1, -0.05) is 17.7 Å². The molecule has 2 amide bonds. The summed E-state index contributed by atoms with van der Waals surface area (Å²) in [5.74, 6) is -2.76. The SMILES string of the molecule is Nc1c(C(=O)NCC(O)(CNC(=O)c2c(Cl)cccc2Br)C(F)(F)F)cnn1-c1ccc(F)cc1. The monoisotopic (exact) mass is 577 g/mol. The van der Waals surface area contributed by atoms with Gasteiger partial charge in [0, 0.05) is 4.47 Å². The number of anilines is 1. The van der Waals surface area contributed by atoms with Crippen molar-refractivity contribution >= 4 is 45.2 Å². The fourth-order valence-corrected chi connectivity index (χ4v) is 3.86. The van der Waals surface area contributed by atoms with Gasteiger partial charge in [-0.3, -0.25) is 9.59 Å². The number of aliphatic hydroxyl groups is 1. The summed E-state index contributed by atoms with van der Waals surface area (Å²) >= 11 is 9.02. The van der Waals surface area contributed by atoms with Gasteiger partial charge in [-0.15, -0.1) is 0 Å². The second-order valence-electron chi connectivity index (χ2n) is 7.32. The number of carbonyl (C=O) groups excluding carboxylic acids is 2. The summed E-state index contributed by atoms with van der Waals surface area (Å²) in [7, 11) is 0. The van der Waals surface area contributed by atoms with Crippen LogP contribution in [0.15, 0.2) is 53.1 Å². The van der Waals surface area contributed by atoms with Gasteiger partial charge in [0.2, 0.25) is 0 Å². The van der Waals surface area contributed by atoms with Crippen molar-refractivity contribution in [2.24, 2.45) is 0 Å². The number of rotatable bonds is 7. The number of aromatic nitrogens is 2. The summed E-state index contributed by atoms with van der Waals surface area (Å²) < 4.78 is 55.4. The van der Waals surface area contributed by atoms with E-state index in [-0.39, 0.29) is 26.4 Å². The average Bonchev–Trinajstić information content (AvgIpc) is 3.17. The van der Waals surface area contributed by atoms with Crippen LogP contribution >= 0.6 is 27.5 Å². The molecule has 3 aromatic rings. The van der Waals surface area contributed by atoms with Gasteiger partial charge in [0.1, 0.15) is 17.2 Å². The van der Waals surface area contributed by atoms with E-state index in [1.54, 1.807) is 0 Å². The number of amides is 2. The normalized spacial score (nSPS) is 13.2. The van der Waals surface area contributed by atoms with Gasteiger partial charge in [-0.05, 0) is 52.3 Å². The Balaban J connectivity index is 1.73. The van der Waals surface area contributed by atoms with Crippen LogP contribution in [0.4, 0.5) is 23.4 Å². The molecular formula is C21H17BrClF4N5O3. The summed E-state index contributed by atoms with van der Waals surface area (Å²) in [6.07, 6.45) is -4.22. The van der Waals surface area contributed by atoms with Crippen LogP contribution < -0.4 is 16.4 Å². The first-order valence-electron chi connectivity index (χ1n) is 9.73. The molecule has 186 valence electrons. The Kier molecular flexibility index (Phi) is 7.72. The zero-order valence-corrected chi connectivity index (χ0v) is 19.9. The maximum atomic E-state index is 13.6. The maximum absolute atomic E-state index is 13.6. The van der Waals surface area contributed by atoms with Crippen molar-refractivity contribution in [1.29, 1.82) is 0 Å². The van der Waals surface area contributed by atoms with Gasteiger partial charge in [-0.25, -0.2) is 9.07 Å². The Morgan fingerprint density at radius 2 is 1.69 bits per heavy atom. The molecule has 0 saturated carbocycles. The number of nitrogen functional groups attached to an aromatic ring is 1. The van der Waals surface area contributed by atoms with Crippen LogP contribution in [-0.4, -0.2) is 51.6 Å². The Morgan fingerprint density at radius 3 is 2.26 bits per heavy atom. The molecule has 35 heavy (non-hydrogen) atoms. The number of nitrogens with two attached hydrogens (primary N) is 1. The molecule has 0 saturated heterocycles. The molecule has 0 radical (unpaired) electrons. The van der Waals surface area contributed by atoms with Crippen molar-refractivity contribution in [2.75, 3.05) is 18.8 Å². The Bertz CT molecular complexity index is 1230. The molecule has 0 aliphatic heterocycles. The second kappa shape index (κ2) is 10.2. The molecule has 0 spiro atoms. The van der Waals surface area contributed by atoms with Crippen LogP contribution in [0.1, 0.15) is 20.7 Å². The fourth-order valence-electron chi connectivity index (χ4n) is 2.94. The quantitative estimate of drug-likeness (QED) is 0.320. The smallest absolute Gasteiger partial charge is 0.383 e. The Hall–Kier alpha value is -3.16. The summed E-state index contributed by atoms with van der Waals surface area (Å²) in [6, 6.07) is 9.30. The zero-order valence-electron chi connectivity index (χ0n) is 17.5. The van der Waals surface area contributed by atoms with Crippen molar-refractivity contribution < 1.29 is 32.3 Å². The molecule has 3 rings (SSSR count). The van der Waals surface area contributed by atoms with Crippen molar-refractivity contribution in [2.45, 2.75) is 11.8 Å². The minimum Gasteiger partial charge on any atom is -0.383 e. The van der Waals surface area contributed by atoms with Gasteiger partial charge < -0.3 is 21.5 Å². The minimum atomic E-state index is -5.23. The second-order valence-corrected chi connectivity index (χ2v) is 8.58. The first-order valence-corrected chi connectivity index (χ1v) is 10.9. The molecule has 14 heteroatoms. The maximum Gasteiger partial charge on any atom is 0.420 e. The van der Waals surface area contributed by atoms with Crippen LogP contribution in [0, 0.1) is 5.82 Å². The molecule has 0 aliphatic rings. The zero-order chi connectivity index (χ0) is 26.0. The van der Waals surface area contributed by atoms with E-state index in [9.17, 15) is 32.3 Å². The van der Waals surface area contributed by atoms with E-state index in [0.29, 0.717) is 5.69 Å². The number of benzene rings is 2. The van der Waals surface area contributed by atoms with Crippen LogP contribution in [0.25, 0.3) is 5.69 Å². The van der Waals surface area contributed by atoms with E-state index in [4.69, 9.17) is 17.3 Å². The molecule has 1 heterocycles. The van der Waals surface area contributed by atoms with Gasteiger partial charge in [0.15, 0.2) is 5.60 Å². The lowest BCUT2D eigenvalue weighted by Gasteiger charge is -2.30. The van der Waals surface area contributed by atoms with E-state index in [1.165, 1.54) is 30.3 Å². The third-order valence-electron chi connectivity index (χ3n) is 4.92. The predicted octanol–water partition coefficient (Wildman–Crippen LogP) is 3.46. The highest BCUT2D eigenvalue weighted by Crippen LogP contribution is 2.30. The van der Waals surface area contributed by atoms with Crippen molar-refractivity contribution in [3.8, 4) is 5.69 Å². The van der Waals surface area contributed by atoms with Gasteiger partial charge in [0.25, 0.3) is 11.8 Å². The largest absolute Gasteiger partial charge is 0.420 e. The Labute approximate surface area is 209 Å². The topological polar surface area (TPSA) is 122 Å². The van der Waals surface area contributed by atoms with Crippen LogP contribution in [0.3, 0.4) is 0 Å². The predicted molar refractivity (Wildman–Crippen MR) is 123 cm³/mol. The van der Waals surface area contributed by atoms with E-state index < -0.39 is 42.5 Å². The lowest BCUT2D eigenvalue weighted by Crippen LogP contribution is -2.59. The van der Waals surface area contributed by atoms with Gasteiger partial charge >= 0.3 is 6.18 Å². The molecule has 2 aromatic carbocycles. The number of hydrogen-bond donors (Lipinski definition) is 4. The lowest BCUT2D eigenvalue weighted by atomic mass is 10.0. The standard InChI is InChI=1S/C21H17BrClF4N5O3/c22-14-2-1-3-15(23)16(14)19(34)30-10-20(35,21(25,26)27)9-29-18(33)13-8-31-32(17(13)28)12-6-4-11(24)5-7-12/h1-8,35H,9-10,28H2,(H,29,33)(H,30,34). The van der Waals surface area contributed by atoms with Gasteiger partial charge in [-0.2, -0.15) is 18.3 Å². The summed E-state index contributed by atoms with van der Waals surface area (Å²) in [6.45, 7) is -2.59. The number of nitrogens with zero attached hydrogens (tertiary/aromatic N) is 2. The number of carbonyl (C=O) groups is 2. The van der Waals surface area contributed by atoms with Gasteiger partial charge in [0.05, 0.1) is 35.6 Å². The summed E-state index contributed by atoms with van der Waals surface area (Å²) in [5, 5.41) is 18.1. The first-order chi connectivity index (χ1) is 16.3. The molecule has 1 unspecified atom stereocenters. The van der Waals surface area contributed by atoms with Crippen molar-refractivity contribution in [3.63, 3.8) is 0 Å². The molecular weight excluding hydrogens is 562 g/mol. The van der Waals surface area contributed by atoms with Crippen LogP contribution in [0.5, 0.6) is 0 Å². The fraction of sp³-hybridized carbons (Fsp3) is 0.190. The van der Waals surface area contributed by atoms with Crippen molar-refractivity contribution in [3.05, 3.63) is 75.1 Å². The minimum absolute atomic E-state index is 0.0191. The van der Waals surface area contributed by atoms with E-state index >= 15 is 0 Å². The highest BCUT2D eigenvalue weighted by atomic mass is 79.9. The highest BCUT2D eigenvalue weighted by molar-refractivity contribution is 9.10. The summed E-state index contributed by atoms with van der Waals surface area (Å²) in [5.41, 5.74) is 2.27. The molecule has 0 aliphatic carbocycles. The molecule has 5 N–H and O–H groups in total. The van der Waals surface area contributed by atoms with Crippen molar-refractivity contribution in [1.82, 2.24) is 20.4 Å². The van der Waals surface area contributed by atoms with E-state index in [0.717, 1.165) is 23.0 Å². The Morgan fingerprint density at radius 1 is 1.09 bits per heavy atom. The summed E-state index contributed by atoms with van der Waals surface area (Å²) in [4.78, 5) is 24.9. The number of halogens is 6. The third-order valence-corrected chi connectivity index (χ3v) is 5.90. The average molecular weight is 579 g/mol. The molecule has 1 atom stereocenters.